The highest BCUT2D eigenvalue weighted by atomic mass is 16.4. The minimum atomic E-state index is -0.939. The lowest BCUT2D eigenvalue weighted by Crippen LogP contribution is -2.62. The van der Waals surface area contributed by atoms with Gasteiger partial charge in [-0.25, -0.2) is 4.79 Å². The number of carbonyl (C=O) groups is 2. The van der Waals surface area contributed by atoms with Crippen molar-refractivity contribution in [2.75, 3.05) is 0 Å². The molecule has 4 unspecified atom stereocenters. The molecule has 0 spiro atoms. The Morgan fingerprint density at radius 3 is 2.43 bits per heavy atom. The van der Waals surface area contributed by atoms with Crippen LogP contribution in [0.5, 0.6) is 0 Å². The smallest absolute Gasteiger partial charge is 0.330 e. The average Bonchev–Trinajstić information content (AvgIpc) is 2.32. The van der Waals surface area contributed by atoms with Crippen LogP contribution in [0.15, 0.2) is 11.6 Å². The number of aliphatic hydroxyl groups is 1. The van der Waals surface area contributed by atoms with E-state index in [0.29, 0.717) is 44.1 Å². The fourth-order valence-corrected chi connectivity index (χ4v) is 5.51. The highest BCUT2D eigenvalue weighted by molar-refractivity contribution is 5.85. The van der Waals surface area contributed by atoms with Crippen molar-refractivity contribution < 1.29 is 24.9 Å². The lowest BCUT2D eigenvalue weighted by atomic mass is 9.42. The summed E-state index contributed by atoms with van der Waals surface area (Å²) in [5, 5.41) is 29.4. The summed E-state index contributed by atoms with van der Waals surface area (Å²) in [5.74, 6) is -1.49. The Bertz CT molecular complexity index is 539. The summed E-state index contributed by atoms with van der Waals surface area (Å²) in [7, 11) is 0. The highest BCUT2D eigenvalue weighted by Crippen LogP contribution is 2.67. The van der Waals surface area contributed by atoms with Crippen molar-refractivity contribution in [3.8, 4) is 0 Å². The van der Waals surface area contributed by atoms with Gasteiger partial charge >= 0.3 is 11.9 Å². The Labute approximate surface area is 123 Å². The Balaban J connectivity index is 1.91. The summed E-state index contributed by atoms with van der Waals surface area (Å²) in [6, 6.07) is 0. The first-order chi connectivity index (χ1) is 9.68. The Morgan fingerprint density at radius 2 is 1.86 bits per heavy atom. The quantitative estimate of drug-likeness (QED) is 0.691. The van der Waals surface area contributed by atoms with Crippen LogP contribution in [0.25, 0.3) is 0 Å². The van der Waals surface area contributed by atoms with Gasteiger partial charge in [0.25, 0.3) is 0 Å². The van der Waals surface area contributed by atoms with E-state index in [1.54, 1.807) is 13.0 Å². The van der Waals surface area contributed by atoms with Crippen molar-refractivity contribution in [1.82, 2.24) is 0 Å². The Morgan fingerprint density at radius 1 is 1.14 bits per heavy atom. The van der Waals surface area contributed by atoms with Crippen LogP contribution in [0.4, 0.5) is 0 Å². The van der Waals surface area contributed by atoms with E-state index in [-0.39, 0.29) is 11.3 Å². The molecule has 0 saturated heterocycles. The van der Waals surface area contributed by atoms with Gasteiger partial charge in [-0.1, -0.05) is 6.08 Å². The molecule has 3 N–H and O–H groups in total. The number of allylic oxidation sites excluding steroid dienone is 1. The maximum atomic E-state index is 11.8. The molecule has 5 heteroatoms. The number of hydrogen-bond acceptors (Lipinski definition) is 3. The molecule has 4 fully saturated rings. The summed E-state index contributed by atoms with van der Waals surface area (Å²) >= 11 is 0. The summed E-state index contributed by atoms with van der Waals surface area (Å²) in [6.45, 7) is 1.56. The molecular formula is C16H22O5. The largest absolute Gasteiger partial charge is 0.481 e. The molecule has 4 rings (SSSR count). The van der Waals surface area contributed by atoms with E-state index in [9.17, 15) is 19.8 Å². The minimum absolute atomic E-state index is 0.247. The predicted molar refractivity (Wildman–Crippen MR) is 74.7 cm³/mol. The molecule has 0 heterocycles. The molecular weight excluding hydrogens is 272 g/mol. The van der Waals surface area contributed by atoms with Crippen molar-refractivity contribution in [2.24, 2.45) is 16.7 Å². The third-order valence-corrected chi connectivity index (χ3v) is 5.79. The topological polar surface area (TPSA) is 94.8 Å². The van der Waals surface area contributed by atoms with E-state index >= 15 is 0 Å². The van der Waals surface area contributed by atoms with Crippen LogP contribution in [0.2, 0.25) is 0 Å². The second kappa shape index (κ2) is 4.32. The van der Waals surface area contributed by atoms with Gasteiger partial charge in [-0.2, -0.15) is 0 Å². The standard InChI is InChI=1S/C16H22O5/c1-10(12(17)18)2-3-14-4-11-5-15(7-14,13(19)20)9-16(21,6-11)8-14/h2,11,21H,3-9H2,1H3,(H,17,18)(H,19,20). The highest BCUT2D eigenvalue weighted by Gasteiger charge is 2.65. The lowest BCUT2D eigenvalue weighted by molar-refractivity contribution is -0.212. The first-order valence-electron chi connectivity index (χ1n) is 7.54. The zero-order valence-corrected chi connectivity index (χ0v) is 12.3. The molecule has 4 aliphatic rings. The molecule has 4 aliphatic carbocycles. The number of hydrogen-bond donors (Lipinski definition) is 3. The molecule has 5 nitrogen and oxygen atoms in total. The Kier molecular flexibility index (Phi) is 3.00. The van der Waals surface area contributed by atoms with Gasteiger partial charge in [0.15, 0.2) is 0 Å². The van der Waals surface area contributed by atoms with Crippen molar-refractivity contribution in [1.29, 1.82) is 0 Å². The maximum absolute atomic E-state index is 11.8. The Hall–Kier alpha value is -1.36. The number of aliphatic carboxylic acids is 2. The monoisotopic (exact) mass is 294 g/mol. The molecule has 0 radical (unpaired) electrons. The van der Waals surface area contributed by atoms with Crippen LogP contribution < -0.4 is 0 Å². The summed E-state index contributed by atoms with van der Waals surface area (Å²) in [6.07, 6.45) is 6.06. The van der Waals surface area contributed by atoms with Gasteiger partial charge in [-0.05, 0) is 63.2 Å². The third-order valence-electron chi connectivity index (χ3n) is 5.79. The van der Waals surface area contributed by atoms with Crippen molar-refractivity contribution in [3.63, 3.8) is 0 Å². The van der Waals surface area contributed by atoms with Gasteiger partial charge in [-0.3, -0.25) is 4.79 Å². The van der Waals surface area contributed by atoms with Crippen LogP contribution in [-0.4, -0.2) is 32.9 Å². The van der Waals surface area contributed by atoms with E-state index in [1.807, 2.05) is 0 Å². The summed E-state index contributed by atoms with van der Waals surface area (Å²) < 4.78 is 0. The van der Waals surface area contributed by atoms with Crippen molar-refractivity contribution in [2.45, 2.75) is 57.5 Å². The molecule has 0 aromatic rings. The SMILES string of the molecule is CC(=CCC12CC3CC(O)(C1)CC(C(=O)O)(C3)C2)C(=O)O. The average molecular weight is 294 g/mol. The first-order valence-corrected chi connectivity index (χ1v) is 7.54. The molecule has 0 aromatic carbocycles. The van der Waals surface area contributed by atoms with E-state index in [1.165, 1.54) is 0 Å². The van der Waals surface area contributed by atoms with E-state index in [2.05, 4.69) is 0 Å². The van der Waals surface area contributed by atoms with Crippen LogP contribution in [0.3, 0.4) is 0 Å². The van der Waals surface area contributed by atoms with Crippen molar-refractivity contribution in [3.05, 3.63) is 11.6 Å². The number of carboxylic acid groups (broad SMARTS) is 2. The van der Waals surface area contributed by atoms with Crippen LogP contribution in [0, 0.1) is 16.7 Å². The minimum Gasteiger partial charge on any atom is -0.481 e. The number of rotatable bonds is 4. The summed E-state index contributed by atoms with van der Waals surface area (Å²) in [4.78, 5) is 22.7. The maximum Gasteiger partial charge on any atom is 0.330 e. The van der Waals surface area contributed by atoms with E-state index < -0.39 is 23.0 Å². The van der Waals surface area contributed by atoms with Gasteiger partial charge in [-0.15, -0.1) is 0 Å². The zero-order valence-electron chi connectivity index (χ0n) is 12.3. The van der Waals surface area contributed by atoms with Gasteiger partial charge in [0.2, 0.25) is 0 Å². The number of carboxylic acids is 2. The second-order valence-electron chi connectivity index (χ2n) is 7.71. The molecule has 4 atom stereocenters. The van der Waals surface area contributed by atoms with Gasteiger partial charge < -0.3 is 15.3 Å². The first kappa shape index (κ1) is 14.6. The molecule has 0 aromatic heterocycles. The molecule has 21 heavy (non-hydrogen) atoms. The van der Waals surface area contributed by atoms with Gasteiger partial charge in [0, 0.05) is 5.57 Å². The van der Waals surface area contributed by atoms with Crippen LogP contribution >= 0.6 is 0 Å². The zero-order chi connectivity index (χ0) is 15.5. The van der Waals surface area contributed by atoms with E-state index in [4.69, 9.17) is 5.11 Å². The predicted octanol–water partition coefficient (Wildman–Crippen LogP) is 2.19. The van der Waals surface area contributed by atoms with E-state index in [0.717, 1.165) is 6.42 Å². The summed E-state index contributed by atoms with van der Waals surface area (Å²) in [5.41, 5.74) is -1.63. The van der Waals surface area contributed by atoms with Crippen LogP contribution in [-0.2, 0) is 9.59 Å². The fraction of sp³-hybridized carbons (Fsp3) is 0.750. The normalized spacial score (nSPS) is 44.9. The molecule has 116 valence electrons. The van der Waals surface area contributed by atoms with Crippen molar-refractivity contribution >= 4 is 11.9 Å². The third kappa shape index (κ3) is 2.27. The molecule has 4 bridgehead atoms. The van der Waals surface area contributed by atoms with Gasteiger partial charge in [0.05, 0.1) is 11.0 Å². The van der Waals surface area contributed by atoms with Gasteiger partial charge in [0.1, 0.15) is 0 Å². The molecule has 0 aliphatic heterocycles. The molecule has 4 saturated carbocycles. The fourth-order valence-electron chi connectivity index (χ4n) is 5.51. The second-order valence-corrected chi connectivity index (χ2v) is 7.71. The molecule has 0 amide bonds. The lowest BCUT2D eigenvalue weighted by Gasteiger charge is -2.63. The van der Waals surface area contributed by atoms with Crippen LogP contribution in [0.1, 0.15) is 51.9 Å².